The maximum Gasteiger partial charge on any atom is 0.237 e. The number of halogens is 1. The number of aliphatic hydroxyl groups excluding tert-OH is 3. The molecule has 0 aromatic rings. The number of amides is 1. The van der Waals surface area contributed by atoms with E-state index in [1.54, 1.807) is 13.2 Å². The number of carbonyl (C=O) groups excluding carboxylic acids is 1. The Morgan fingerprint density at radius 2 is 1.96 bits per heavy atom. The lowest BCUT2D eigenvalue weighted by Gasteiger charge is -2.45. The van der Waals surface area contributed by atoms with Crippen molar-refractivity contribution in [2.75, 3.05) is 12.8 Å². The average molecular weight is 423 g/mol. The van der Waals surface area contributed by atoms with Crippen molar-refractivity contribution in [3.8, 4) is 0 Å². The summed E-state index contributed by atoms with van der Waals surface area (Å²) in [6.07, 6.45) is 1.79. The number of aliphatic hydroxyl groups is 3. The van der Waals surface area contributed by atoms with Gasteiger partial charge in [0.05, 0.1) is 17.5 Å². The molecule has 0 aromatic carbocycles. The first-order valence-electron chi connectivity index (χ1n) is 9.73. The Hall–Kier alpha value is -0.0900. The van der Waals surface area contributed by atoms with Crippen molar-refractivity contribution in [1.82, 2.24) is 10.6 Å². The third-order valence-corrected chi connectivity index (χ3v) is 7.12. The average Bonchev–Trinajstić information content (AvgIpc) is 3.42. The van der Waals surface area contributed by atoms with Crippen LogP contribution in [0, 0.1) is 11.8 Å². The highest BCUT2D eigenvalue weighted by Gasteiger charge is 2.48. The van der Waals surface area contributed by atoms with Gasteiger partial charge >= 0.3 is 0 Å². The zero-order valence-corrected chi connectivity index (χ0v) is 17.3. The minimum atomic E-state index is -1.36. The SMILES string of the molecule is CS[C@H]1OC([C@H](NC(=O)[C@H]2NC[C@@H]2CCC2CC2)[C@H](C)Cl)[C@H](O)[C@H](O)[C@H]1O. The summed E-state index contributed by atoms with van der Waals surface area (Å²) in [4.78, 5) is 12.8. The Labute approximate surface area is 169 Å². The van der Waals surface area contributed by atoms with Crippen LogP contribution in [-0.4, -0.2) is 81.3 Å². The summed E-state index contributed by atoms with van der Waals surface area (Å²) in [6.45, 7) is 2.56. The lowest BCUT2D eigenvalue weighted by molar-refractivity contribution is -0.205. The van der Waals surface area contributed by atoms with Crippen LogP contribution < -0.4 is 10.6 Å². The van der Waals surface area contributed by atoms with Crippen molar-refractivity contribution >= 4 is 29.3 Å². The smallest absolute Gasteiger partial charge is 0.237 e. The highest BCUT2D eigenvalue weighted by molar-refractivity contribution is 7.99. The van der Waals surface area contributed by atoms with E-state index in [-0.39, 0.29) is 11.9 Å². The Morgan fingerprint density at radius 1 is 1.26 bits per heavy atom. The second kappa shape index (κ2) is 9.15. The number of rotatable bonds is 8. The molecule has 9 atom stereocenters. The summed E-state index contributed by atoms with van der Waals surface area (Å²) in [5.41, 5.74) is -0.698. The zero-order valence-electron chi connectivity index (χ0n) is 15.8. The predicted molar refractivity (Wildman–Crippen MR) is 105 cm³/mol. The van der Waals surface area contributed by atoms with Crippen LogP contribution in [0.4, 0.5) is 0 Å². The number of hydrogen-bond acceptors (Lipinski definition) is 7. The third kappa shape index (κ3) is 4.91. The molecule has 9 heteroatoms. The maximum absolute atomic E-state index is 12.8. The van der Waals surface area contributed by atoms with Crippen LogP contribution >= 0.6 is 23.4 Å². The Kier molecular flexibility index (Phi) is 7.33. The topological polar surface area (TPSA) is 111 Å². The molecule has 1 saturated carbocycles. The van der Waals surface area contributed by atoms with Gasteiger partial charge in [0.2, 0.25) is 5.91 Å². The lowest BCUT2D eigenvalue weighted by atomic mass is 9.85. The van der Waals surface area contributed by atoms with Gasteiger partial charge in [-0.25, -0.2) is 0 Å². The van der Waals surface area contributed by atoms with E-state index in [4.69, 9.17) is 16.3 Å². The predicted octanol–water partition coefficient (Wildman–Crippen LogP) is 0.0473. The van der Waals surface area contributed by atoms with Gasteiger partial charge in [-0.2, -0.15) is 0 Å². The van der Waals surface area contributed by atoms with Gasteiger partial charge in [0.1, 0.15) is 29.9 Å². The van der Waals surface area contributed by atoms with E-state index >= 15 is 0 Å². The standard InChI is InChI=1S/C18H31ClN2O5S/c1-8(19)11(16-14(23)13(22)15(24)18(26-16)27-2)21-17(25)12-10(7-20-12)6-5-9-3-4-9/h8-16,18,20,22-24H,3-7H2,1-2H3,(H,21,25)/t8-,10-,11+,12-,13-,14+,15+,16?,18+/m0/s1. The van der Waals surface area contributed by atoms with Crippen molar-refractivity contribution in [2.45, 2.75) is 79.9 Å². The molecule has 1 unspecified atom stereocenters. The van der Waals surface area contributed by atoms with Gasteiger partial charge in [-0.05, 0) is 31.4 Å². The summed E-state index contributed by atoms with van der Waals surface area (Å²) in [7, 11) is 0. The van der Waals surface area contributed by atoms with E-state index < -0.39 is 41.3 Å². The summed E-state index contributed by atoms with van der Waals surface area (Å²) in [5, 5.41) is 36.1. The third-order valence-electron chi connectivity index (χ3n) is 5.99. The highest BCUT2D eigenvalue weighted by atomic mass is 35.5. The first-order valence-corrected chi connectivity index (χ1v) is 11.5. The highest BCUT2D eigenvalue weighted by Crippen LogP contribution is 2.36. The fraction of sp³-hybridized carbons (Fsp3) is 0.944. The van der Waals surface area contributed by atoms with E-state index in [1.807, 2.05) is 0 Å². The monoisotopic (exact) mass is 422 g/mol. The number of ether oxygens (including phenoxy) is 1. The van der Waals surface area contributed by atoms with Crippen LogP contribution in [0.15, 0.2) is 0 Å². The van der Waals surface area contributed by atoms with Crippen molar-refractivity contribution in [3.63, 3.8) is 0 Å². The summed E-state index contributed by atoms with van der Waals surface area (Å²) < 4.78 is 5.78. The first-order chi connectivity index (χ1) is 12.8. The van der Waals surface area contributed by atoms with Crippen molar-refractivity contribution in [3.05, 3.63) is 0 Å². The molecule has 3 aliphatic rings. The molecule has 156 valence electrons. The fourth-order valence-electron chi connectivity index (χ4n) is 3.91. The summed E-state index contributed by atoms with van der Waals surface area (Å²) >= 11 is 7.54. The van der Waals surface area contributed by atoms with Gasteiger partial charge in [-0.1, -0.05) is 19.3 Å². The van der Waals surface area contributed by atoms with E-state index in [1.165, 1.54) is 31.0 Å². The van der Waals surface area contributed by atoms with E-state index in [9.17, 15) is 20.1 Å². The fourth-order valence-corrected chi connectivity index (χ4v) is 4.80. The molecule has 3 rings (SSSR count). The number of nitrogens with one attached hydrogen (secondary N) is 2. The van der Waals surface area contributed by atoms with E-state index in [0.717, 1.165) is 18.9 Å². The van der Waals surface area contributed by atoms with Gasteiger partial charge in [0.25, 0.3) is 0 Å². The van der Waals surface area contributed by atoms with Crippen molar-refractivity contribution in [2.24, 2.45) is 11.8 Å². The molecule has 2 aliphatic heterocycles. The Bertz CT molecular complexity index is 522. The number of carbonyl (C=O) groups is 1. The lowest BCUT2D eigenvalue weighted by Crippen LogP contribution is -2.67. The summed E-state index contributed by atoms with van der Waals surface area (Å²) in [5.74, 6) is 1.00. The molecule has 0 aromatic heterocycles. The number of hydrogen-bond donors (Lipinski definition) is 5. The molecule has 2 saturated heterocycles. The summed E-state index contributed by atoms with van der Waals surface area (Å²) in [6, 6.07) is -0.938. The molecule has 0 spiro atoms. The largest absolute Gasteiger partial charge is 0.388 e. The second-order valence-corrected chi connectivity index (χ2v) is 9.68. The van der Waals surface area contributed by atoms with Gasteiger partial charge in [-0.3, -0.25) is 4.79 Å². The second-order valence-electron chi connectivity index (χ2n) is 8.06. The quantitative estimate of drug-likeness (QED) is 0.351. The molecule has 0 radical (unpaired) electrons. The molecule has 5 N–H and O–H groups in total. The van der Waals surface area contributed by atoms with Crippen LogP contribution in [-0.2, 0) is 9.53 Å². The van der Waals surface area contributed by atoms with E-state index in [2.05, 4.69) is 10.6 Å². The minimum absolute atomic E-state index is 0.156. The number of alkyl halides is 1. The van der Waals surface area contributed by atoms with Gasteiger partial charge in [0.15, 0.2) is 0 Å². The number of thioether (sulfide) groups is 1. The normalized spacial score (nSPS) is 41.5. The molecular weight excluding hydrogens is 392 g/mol. The first kappa shape index (κ1) is 21.6. The van der Waals surface area contributed by atoms with Crippen LogP contribution in [0.25, 0.3) is 0 Å². The van der Waals surface area contributed by atoms with Crippen LogP contribution in [0.2, 0.25) is 0 Å². The minimum Gasteiger partial charge on any atom is -0.388 e. The van der Waals surface area contributed by atoms with Crippen LogP contribution in [0.1, 0.15) is 32.6 Å². The molecule has 7 nitrogen and oxygen atoms in total. The Balaban J connectivity index is 1.61. The van der Waals surface area contributed by atoms with Gasteiger partial charge in [0, 0.05) is 6.54 Å². The molecule has 2 heterocycles. The van der Waals surface area contributed by atoms with E-state index in [0.29, 0.717) is 5.92 Å². The Morgan fingerprint density at radius 3 is 2.48 bits per heavy atom. The molecule has 27 heavy (non-hydrogen) atoms. The van der Waals surface area contributed by atoms with Crippen LogP contribution in [0.3, 0.4) is 0 Å². The zero-order chi connectivity index (χ0) is 19.7. The van der Waals surface area contributed by atoms with Crippen molar-refractivity contribution in [1.29, 1.82) is 0 Å². The molecule has 0 bridgehead atoms. The van der Waals surface area contributed by atoms with Gasteiger partial charge in [-0.15, -0.1) is 23.4 Å². The molecular formula is C18H31ClN2O5S. The van der Waals surface area contributed by atoms with Crippen molar-refractivity contribution < 1.29 is 24.9 Å². The molecule has 1 amide bonds. The molecule has 3 fully saturated rings. The molecule has 1 aliphatic carbocycles. The van der Waals surface area contributed by atoms with Gasteiger partial charge < -0.3 is 30.7 Å². The maximum atomic E-state index is 12.8. The van der Waals surface area contributed by atoms with Crippen LogP contribution in [0.5, 0.6) is 0 Å².